The molecule has 0 radical (unpaired) electrons. The molecule has 0 aliphatic carbocycles. The van der Waals surface area contributed by atoms with Crippen molar-refractivity contribution in [3.05, 3.63) is 18.3 Å². The van der Waals surface area contributed by atoms with Gasteiger partial charge in [-0.3, -0.25) is 4.79 Å². The zero-order valence-corrected chi connectivity index (χ0v) is 12.1. The molecule has 2 aromatic heterocycles. The van der Waals surface area contributed by atoms with Crippen LogP contribution in [0, 0.1) is 5.92 Å². The van der Waals surface area contributed by atoms with Gasteiger partial charge < -0.3 is 9.84 Å². The number of nitrogens with zero attached hydrogens (tertiary/aromatic N) is 5. The van der Waals surface area contributed by atoms with Crippen LogP contribution in [0.5, 0.6) is 5.88 Å². The molecule has 112 valence electrons. The molecule has 0 fully saturated rings. The molecule has 0 spiro atoms. The first-order valence-electron chi connectivity index (χ1n) is 6.53. The number of ether oxygens (including phenoxy) is 1. The Kier molecular flexibility index (Phi) is 4.46. The normalized spacial score (nSPS) is 12.4. The van der Waals surface area contributed by atoms with Crippen LogP contribution < -0.4 is 4.74 Å². The smallest absolute Gasteiger partial charge is 0.305 e. The van der Waals surface area contributed by atoms with Crippen LogP contribution in [0.15, 0.2) is 18.3 Å². The van der Waals surface area contributed by atoms with Crippen molar-refractivity contribution < 1.29 is 14.6 Å². The summed E-state index contributed by atoms with van der Waals surface area (Å²) in [6.07, 6.45) is 1.55. The minimum Gasteiger partial charge on any atom is -0.481 e. The van der Waals surface area contributed by atoms with E-state index in [9.17, 15) is 4.79 Å². The summed E-state index contributed by atoms with van der Waals surface area (Å²) in [4.78, 5) is 15.2. The molecule has 1 unspecified atom stereocenters. The number of tetrazole rings is 1. The summed E-state index contributed by atoms with van der Waals surface area (Å²) in [5, 5.41) is 20.7. The van der Waals surface area contributed by atoms with E-state index in [0.29, 0.717) is 17.3 Å². The molecule has 0 saturated heterocycles. The average molecular weight is 291 g/mol. The molecule has 0 aromatic carbocycles. The Hall–Kier alpha value is -2.51. The van der Waals surface area contributed by atoms with Crippen molar-refractivity contribution in [1.82, 2.24) is 25.2 Å². The van der Waals surface area contributed by atoms with Crippen LogP contribution in [0.1, 0.15) is 26.3 Å². The summed E-state index contributed by atoms with van der Waals surface area (Å²) in [5.41, 5.74) is 0.626. The molecule has 1 N–H and O–H groups in total. The number of pyridine rings is 1. The van der Waals surface area contributed by atoms with Crippen LogP contribution in [-0.2, 0) is 4.79 Å². The van der Waals surface area contributed by atoms with Crippen molar-refractivity contribution >= 4 is 5.97 Å². The molecular weight excluding hydrogens is 274 g/mol. The van der Waals surface area contributed by atoms with Gasteiger partial charge in [-0.05, 0) is 28.5 Å². The molecule has 0 saturated carbocycles. The summed E-state index contributed by atoms with van der Waals surface area (Å²) in [7, 11) is 1.51. The van der Waals surface area contributed by atoms with Gasteiger partial charge in [0.05, 0.1) is 25.1 Å². The molecule has 2 rings (SSSR count). The Morgan fingerprint density at radius 2 is 2.24 bits per heavy atom. The fourth-order valence-electron chi connectivity index (χ4n) is 2.10. The molecule has 1 atom stereocenters. The summed E-state index contributed by atoms with van der Waals surface area (Å²) in [5.74, 6) is 0.00518. The number of carbonyl (C=O) groups is 1. The lowest BCUT2D eigenvalue weighted by Gasteiger charge is -2.20. The standard InChI is InChI=1S/C13H17N5O3/c1-8(2)10(7-11(19)20)18-12(15-16-17-18)9-5-4-6-14-13(9)21-3/h4-6,8,10H,7H2,1-3H3,(H,19,20). The van der Waals surface area contributed by atoms with E-state index in [2.05, 4.69) is 20.5 Å². The molecule has 0 aliphatic rings. The molecule has 8 heteroatoms. The SMILES string of the molecule is COc1ncccc1-c1nnnn1C(CC(=O)O)C(C)C. The van der Waals surface area contributed by atoms with E-state index in [-0.39, 0.29) is 18.4 Å². The van der Waals surface area contributed by atoms with E-state index >= 15 is 0 Å². The Bertz CT molecular complexity index is 626. The molecule has 2 aromatic rings. The molecule has 8 nitrogen and oxygen atoms in total. The molecule has 0 aliphatic heterocycles. The monoisotopic (exact) mass is 291 g/mol. The van der Waals surface area contributed by atoms with Crippen LogP contribution in [0.3, 0.4) is 0 Å². The fourth-order valence-corrected chi connectivity index (χ4v) is 2.10. The Morgan fingerprint density at radius 1 is 1.48 bits per heavy atom. The first-order chi connectivity index (χ1) is 10.0. The molecule has 21 heavy (non-hydrogen) atoms. The molecular formula is C13H17N5O3. The second kappa shape index (κ2) is 6.29. The number of hydrogen-bond acceptors (Lipinski definition) is 6. The highest BCUT2D eigenvalue weighted by molar-refractivity contribution is 5.67. The van der Waals surface area contributed by atoms with E-state index in [1.807, 2.05) is 13.8 Å². The third kappa shape index (κ3) is 3.15. The lowest BCUT2D eigenvalue weighted by Crippen LogP contribution is -2.21. The quantitative estimate of drug-likeness (QED) is 0.858. The first kappa shape index (κ1) is 14.9. The average Bonchev–Trinajstić information content (AvgIpc) is 2.93. The number of hydrogen-bond donors (Lipinski definition) is 1. The van der Waals surface area contributed by atoms with Gasteiger partial charge in [-0.2, -0.15) is 0 Å². The summed E-state index contributed by atoms with van der Waals surface area (Å²) in [6, 6.07) is 3.18. The van der Waals surface area contributed by atoms with Crippen molar-refractivity contribution in [3.63, 3.8) is 0 Å². The van der Waals surface area contributed by atoms with Crippen LogP contribution in [0.4, 0.5) is 0 Å². The minimum atomic E-state index is -0.895. The Morgan fingerprint density at radius 3 is 2.86 bits per heavy atom. The van der Waals surface area contributed by atoms with Crippen LogP contribution in [0.2, 0.25) is 0 Å². The fraction of sp³-hybridized carbons (Fsp3) is 0.462. The maximum Gasteiger partial charge on any atom is 0.305 e. The third-order valence-corrected chi connectivity index (χ3v) is 3.17. The topological polar surface area (TPSA) is 103 Å². The largest absolute Gasteiger partial charge is 0.481 e. The molecule has 0 amide bonds. The first-order valence-corrected chi connectivity index (χ1v) is 6.53. The van der Waals surface area contributed by atoms with E-state index in [1.54, 1.807) is 18.3 Å². The van der Waals surface area contributed by atoms with Gasteiger partial charge in [0.1, 0.15) is 0 Å². The van der Waals surface area contributed by atoms with Gasteiger partial charge in [0.2, 0.25) is 5.88 Å². The van der Waals surface area contributed by atoms with Gasteiger partial charge in [-0.1, -0.05) is 13.8 Å². The second-order valence-electron chi connectivity index (χ2n) is 4.92. The van der Waals surface area contributed by atoms with Gasteiger partial charge >= 0.3 is 5.97 Å². The Balaban J connectivity index is 2.48. The summed E-state index contributed by atoms with van der Waals surface area (Å²) in [6.45, 7) is 3.86. The van der Waals surface area contributed by atoms with Crippen molar-refractivity contribution in [2.24, 2.45) is 5.92 Å². The third-order valence-electron chi connectivity index (χ3n) is 3.17. The van der Waals surface area contributed by atoms with Gasteiger partial charge in [0.15, 0.2) is 5.82 Å². The number of carboxylic acids is 1. The van der Waals surface area contributed by atoms with E-state index in [4.69, 9.17) is 9.84 Å². The van der Waals surface area contributed by atoms with Crippen molar-refractivity contribution in [2.45, 2.75) is 26.3 Å². The number of carboxylic acid groups (broad SMARTS) is 1. The van der Waals surface area contributed by atoms with Gasteiger partial charge in [-0.15, -0.1) is 5.10 Å². The minimum absolute atomic E-state index is 0.0573. The number of aliphatic carboxylic acids is 1. The van der Waals surface area contributed by atoms with E-state index in [1.165, 1.54) is 11.8 Å². The highest BCUT2D eigenvalue weighted by Gasteiger charge is 2.25. The van der Waals surface area contributed by atoms with E-state index in [0.717, 1.165) is 0 Å². The van der Waals surface area contributed by atoms with Crippen LogP contribution in [0.25, 0.3) is 11.4 Å². The summed E-state index contributed by atoms with van der Waals surface area (Å²) >= 11 is 0. The maximum atomic E-state index is 11.1. The molecule has 0 bridgehead atoms. The zero-order valence-electron chi connectivity index (χ0n) is 12.1. The van der Waals surface area contributed by atoms with Gasteiger partial charge in [-0.25, -0.2) is 9.67 Å². The lowest BCUT2D eigenvalue weighted by molar-refractivity contribution is -0.138. The van der Waals surface area contributed by atoms with Gasteiger partial charge in [0, 0.05) is 6.20 Å². The highest BCUT2D eigenvalue weighted by Crippen LogP contribution is 2.30. The molecule has 2 heterocycles. The predicted molar refractivity (Wildman–Crippen MR) is 73.7 cm³/mol. The number of rotatable bonds is 6. The van der Waals surface area contributed by atoms with Gasteiger partial charge in [0.25, 0.3) is 0 Å². The zero-order chi connectivity index (χ0) is 15.4. The van der Waals surface area contributed by atoms with Crippen molar-refractivity contribution in [3.8, 4) is 17.3 Å². The van der Waals surface area contributed by atoms with Crippen molar-refractivity contribution in [1.29, 1.82) is 0 Å². The Labute approximate surface area is 121 Å². The van der Waals surface area contributed by atoms with E-state index < -0.39 is 5.97 Å². The second-order valence-corrected chi connectivity index (χ2v) is 4.92. The van der Waals surface area contributed by atoms with Crippen molar-refractivity contribution in [2.75, 3.05) is 7.11 Å². The van der Waals surface area contributed by atoms with Crippen LogP contribution in [-0.4, -0.2) is 43.4 Å². The predicted octanol–water partition coefficient (Wildman–Crippen LogP) is 1.42. The lowest BCUT2D eigenvalue weighted by atomic mass is 10.0. The number of aromatic nitrogens is 5. The summed E-state index contributed by atoms with van der Waals surface area (Å²) < 4.78 is 6.74. The number of methoxy groups -OCH3 is 1. The van der Waals surface area contributed by atoms with Crippen LogP contribution >= 0.6 is 0 Å². The highest BCUT2D eigenvalue weighted by atomic mass is 16.5. The maximum absolute atomic E-state index is 11.1.